The number of nitrogens with two attached hydrogens (primary N) is 1. The summed E-state index contributed by atoms with van der Waals surface area (Å²) in [7, 11) is 0. The SMILES string of the molecule is NCC1CCCN1C(=O)c1cc(F)ccc1Br. The highest BCUT2D eigenvalue weighted by molar-refractivity contribution is 9.10. The molecular formula is C12H14BrFN2O. The summed E-state index contributed by atoms with van der Waals surface area (Å²) in [5, 5.41) is 0. The number of rotatable bonds is 2. The van der Waals surface area contributed by atoms with Gasteiger partial charge >= 0.3 is 0 Å². The first-order chi connectivity index (χ1) is 8.13. The zero-order valence-corrected chi connectivity index (χ0v) is 10.9. The van der Waals surface area contributed by atoms with Crippen LogP contribution < -0.4 is 5.73 Å². The summed E-state index contributed by atoms with van der Waals surface area (Å²) in [4.78, 5) is 14.0. The van der Waals surface area contributed by atoms with E-state index in [1.165, 1.54) is 12.1 Å². The van der Waals surface area contributed by atoms with Gasteiger partial charge in [0.15, 0.2) is 0 Å². The van der Waals surface area contributed by atoms with Crippen molar-refractivity contribution in [2.45, 2.75) is 18.9 Å². The van der Waals surface area contributed by atoms with E-state index in [0.717, 1.165) is 12.8 Å². The van der Waals surface area contributed by atoms with E-state index in [4.69, 9.17) is 5.73 Å². The number of likely N-dealkylation sites (tertiary alicyclic amines) is 1. The molecule has 5 heteroatoms. The molecule has 0 aliphatic carbocycles. The lowest BCUT2D eigenvalue weighted by atomic mass is 10.1. The maximum Gasteiger partial charge on any atom is 0.255 e. The Labute approximate surface area is 108 Å². The number of halogens is 2. The minimum Gasteiger partial charge on any atom is -0.334 e. The monoisotopic (exact) mass is 300 g/mol. The zero-order chi connectivity index (χ0) is 12.4. The highest BCUT2D eigenvalue weighted by Gasteiger charge is 2.29. The van der Waals surface area contributed by atoms with Crippen LogP contribution in [0.1, 0.15) is 23.2 Å². The van der Waals surface area contributed by atoms with E-state index in [1.807, 2.05) is 0 Å². The van der Waals surface area contributed by atoms with E-state index < -0.39 is 5.82 Å². The minimum absolute atomic E-state index is 0.0812. The molecule has 1 amide bonds. The number of hydrogen-bond acceptors (Lipinski definition) is 2. The summed E-state index contributed by atoms with van der Waals surface area (Å²) >= 11 is 3.27. The second kappa shape index (κ2) is 5.14. The molecule has 0 saturated carbocycles. The fraction of sp³-hybridized carbons (Fsp3) is 0.417. The lowest BCUT2D eigenvalue weighted by Gasteiger charge is -2.24. The molecule has 1 fully saturated rings. The number of carbonyl (C=O) groups is 1. The van der Waals surface area contributed by atoms with Gasteiger partial charge in [0.1, 0.15) is 5.82 Å². The van der Waals surface area contributed by atoms with Gasteiger partial charge in [-0.2, -0.15) is 0 Å². The molecule has 0 radical (unpaired) electrons. The van der Waals surface area contributed by atoms with Crippen molar-refractivity contribution in [2.24, 2.45) is 5.73 Å². The van der Waals surface area contributed by atoms with Crippen LogP contribution in [0.15, 0.2) is 22.7 Å². The average molecular weight is 301 g/mol. The van der Waals surface area contributed by atoms with E-state index in [1.54, 1.807) is 11.0 Å². The van der Waals surface area contributed by atoms with Gasteiger partial charge in [-0.1, -0.05) is 0 Å². The van der Waals surface area contributed by atoms with Gasteiger partial charge in [-0.05, 0) is 47.0 Å². The molecule has 3 nitrogen and oxygen atoms in total. The van der Waals surface area contributed by atoms with E-state index in [9.17, 15) is 9.18 Å². The zero-order valence-electron chi connectivity index (χ0n) is 9.33. The molecule has 1 aromatic rings. The molecule has 1 heterocycles. The largest absolute Gasteiger partial charge is 0.334 e. The van der Waals surface area contributed by atoms with Gasteiger partial charge < -0.3 is 10.6 Å². The highest BCUT2D eigenvalue weighted by Crippen LogP contribution is 2.24. The molecule has 92 valence electrons. The smallest absolute Gasteiger partial charge is 0.255 e. The molecule has 0 bridgehead atoms. The van der Waals surface area contributed by atoms with E-state index in [-0.39, 0.29) is 11.9 Å². The molecule has 1 unspecified atom stereocenters. The Bertz CT molecular complexity index is 439. The Balaban J connectivity index is 2.27. The number of amides is 1. The summed E-state index contributed by atoms with van der Waals surface area (Å²) in [6, 6.07) is 4.22. The van der Waals surface area contributed by atoms with Crippen LogP contribution in [0.3, 0.4) is 0 Å². The molecule has 0 spiro atoms. The summed E-state index contributed by atoms with van der Waals surface area (Å²) in [6.45, 7) is 1.16. The quantitative estimate of drug-likeness (QED) is 0.910. The second-order valence-electron chi connectivity index (χ2n) is 4.15. The van der Waals surface area contributed by atoms with Crippen LogP contribution in [0, 0.1) is 5.82 Å². The van der Waals surface area contributed by atoms with Gasteiger partial charge in [-0.3, -0.25) is 4.79 Å². The summed E-state index contributed by atoms with van der Waals surface area (Å²) in [6.07, 6.45) is 1.88. The lowest BCUT2D eigenvalue weighted by molar-refractivity contribution is 0.0740. The molecule has 0 aromatic heterocycles. The van der Waals surface area contributed by atoms with Crippen molar-refractivity contribution in [2.75, 3.05) is 13.1 Å². The van der Waals surface area contributed by atoms with Crippen molar-refractivity contribution in [3.63, 3.8) is 0 Å². The Kier molecular flexibility index (Phi) is 3.79. The number of carbonyl (C=O) groups excluding carboxylic acids is 1. The molecule has 1 aliphatic heterocycles. The fourth-order valence-electron chi connectivity index (χ4n) is 2.16. The van der Waals surface area contributed by atoms with Gasteiger partial charge in [0.25, 0.3) is 5.91 Å². The first kappa shape index (κ1) is 12.5. The highest BCUT2D eigenvalue weighted by atomic mass is 79.9. The molecule has 2 rings (SSSR count). The van der Waals surface area contributed by atoms with Crippen molar-refractivity contribution in [3.05, 3.63) is 34.1 Å². The topological polar surface area (TPSA) is 46.3 Å². The van der Waals surface area contributed by atoms with Crippen molar-refractivity contribution in [3.8, 4) is 0 Å². The molecule has 1 aliphatic rings. The van der Waals surface area contributed by atoms with Crippen LogP contribution in [0.5, 0.6) is 0 Å². The lowest BCUT2D eigenvalue weighted by Crippen LogP contribution is -2.40. The van der Waals surface area contributed by atoms with Gasteiger partial charge in [0.05, 0.1) is 5.56 Å². The van der Waals surface area contributed by atoms with Crippen LogP contribution in [0.25, 0.3) is 0 Å². The Hall–Kier alpha value is -0.940. The summed E-state index contributed by atoms with van der Waals surface area (Å²) < 4.78 is 13.8. The standard InChI is InChI=1S/C12H14BrFN2O/c13-11-4-3-8(14)6-10(11)12(17)16-5-1-2-9(16)7-15/h3-4,6,9H,1-2,5,7,15H2. The predicted octanol–water partition coefficient (Wildman–Crippen LogP) is 2.15. The van der Waals surface area contributed by atoms with E-state index in [0.29, 0.717) is 23.1 Å². The van der Waals surface area contributed by atoms with Gasteiger partial charge in [-0.25, -0.2) is 4.39 Å². The van der Waals surface area contributed by atoms with Crippen molar-refractivity contribution >= 4 is 21.8 Å². The van der Waals surface area contributed by atoms with Crippen molar-refractivity contribution in [1.82, 2.24) is 4.90 Å². The normalized spacial score (nSPS) is 19.7. The number of nitrogens with zero attached hydrogens (tertiary/aromatic N) is 1. The van der Waals surface area contributed by atoms with Gasteiger partial charge in [0, 0.05) is 23.6 Å². The fourth-order valence-corrected chi connectivity index (χ4v) is 2.58. The Morgan fingerprint density at radius 3 is 3.06 bits per heavy atom. The molecular weight excluding hydrogens is 287 g/mol. The van der Waals surface area contributed by atoms with Crippen molar-refractivity contribution in [1.29, 1.82) is 0 Å². The third-order valence-corrected chi connectivity index (χ3v) is 3.76. The van der Waals surface area contributed by atoms with E-state index >= 15 is 0 Å². The van der Waals surface area contributed by atoms with Crippen molar-refractivity contribution < 1.29 is 9.18 Å². The molecule has 1 atom stereocenters. The number of hydrogen-bond donors (Lipinski definition) is 1. The summed E-state index contributed by atoms with van der Waals surface area (Å²) in [5.74, 6) is -0.552. The minimum atomic E-state index is -0.403. The first-order valence-electron chi connectivity index (χ1n) is 5.59. The van der Waals surface area contributed by atoms with Crippen LogP contribution >= 0.6 is 15.9 Å². The van der Waals surface area contributed by atoms with Crippen LogP contribution in [0.4, 0.5) is 4.39 Å². The molecule has 1 saturated heterocycles. The maximum atomic E-state index is 13.2. The average Bonchev–Trinajstić information content (AvgIpc) is 2.79. The maximum absolute atomic E-state index is 13.2. The predicted molar refractivity (Wildman–Crippen MR) is 67.2 cm³/mol. The van der Waals surface area contributed by atoms with Crippen LogP contribution in [0.2, 0.25) is 0 Å². The third-order valence-electron chi connectivity index (χ3n) is 3.07. The molecule has 2 N–H and O–H groups in total. The number of benzene rings is 1. The van der Waals surface area contributed by atoms with E-state index in [2.05, 4.69) is 15.9 Å². The Morgan fingerprint density at radius 1 is 1.59 bits per heavy atom. The van der Waals surface area contributed by atoms with Crippen LogP contribution in [-0.2, 0) is 0 Å². The third kappa shape index (κ3) is 2.50. The van der Waals surface area contributed by atoms with Gasteiger partial charge in [0.2, 0.25) is 0 Å². The molecule has 1 aromatic carbocycles. The van der Waals surface area contributed by atoms with Crippen LogP contribution in [-0.4, -0.2) is 29.9 Å². The van der Waals surface area contributed by atoms with Gasteiger partial charge in [-0.15, -0.1) is 0 Å². The second-order valence-corrected chi connectivity index (χ2v) is 5.01. The first-order valence-corrected chi connectivity index (χ1v) is 6.39. The summed E-state index contributed by atoms with van der Waals surface area (Å²) in [5.41, 5.74) is 5.99. The molecule has 17 heavy (non-hydrogen) atoms. The Morgan fingerprint density at radius 2 is 2.35 bits per heavy atom.